The molecule has 1 aliphatic rings. The molecule has 1 N–H and O–H groups in total. The van der Waals surface area contributed by atoms with Crippen LogP contribution in [-0.4, -0.2) is 19.9 Å². The Morgan fingerprint density at radius 1 is 1.24 bits per heavy atom. The van der Waals surface area contributed by atoms with Gasteiger partial charge in [0.1, 0.15) is 6.10 Å². The van der Waals surface area contributed by atoms with E-state index in [0.717, 1.165) is 18.6 Å². The van der Waals surface area contributed by atoms with Crippen molar-refractivity contribution >= 4 is 0 Å². The lowest BCUT2D eigenvalue weighted by Gasteiger charge is -2.16. The Bertz CT molecular complexity index is 634. The van der Waals surface area contributed by atoms with Crippen molar-refractivity contribution in [3.8, 4) is 0 Å². The van der Waals surface area contributed by atoms with Crippen LogP contribution in [0.2, 0.25) is 0 Å². The summed E-state index contributed by atoms with van der Waals surface area (Å²) in [6.45, 7) is 0.715. The number of aromatic nitrogens is 3. The summed E-state index contributed by atoms with van der Waals surface area (Å²) in [5.41, 5.74) is 0.0409. The van der Waals surface area contributed by atoms with Gasteiger partial charge < -0.3 is 5.11 Å². The Morgan fingerprint density at radius 2 is 1.95 bits per heavy atom. The fourth-order valence-corrected chi connectivity index (χ4v) is 2.45. The van der Waals surface area contributed by atoms with E-state index < -0.39 is 17.8 Å². The summed E-state index contributed by atoms with van der Waals surface area (Å²) in [6.07, 6.45) is -3.07. The largest absolute Gasteiger partial charge is 0.416 e. The Morgan fingerprint density at radius 3 is 2.57 bits per heavy atom. The molecule has 0 radical (unpaired) electrons. The Balaban J connectivity index is 1.78. The topological polar surface area (TPSA) is 50.9 Å². The maximum atomic E-state index is 12.5. The third-order valence-electron chi connectivity index (χ3n) is 3.53. The van der Waals surface area contributed by atoms with E-state index in [-0.39, 0.29) is 0 Å². The van der Waals surface area contributed by atoms with Crippen LogP contribution in [0.15, 0.2) is 24.3 Å². The minimum Gasteiger partial charge on any atom is -0.385 e. The van der Waals surface area contributed by atoms with Crippen LogP contribution in [0, 0.1) is 0 Å². The number of aryl methyl sites for hydroxylation is 1. The van der Waals surface area contributed by atoms with Crippen molar-refractivity contribution < 1.29 is 18.3 Å². The average Bonchev–Trinajstić information content (AvgIpc) is 2.82. The fourth-order valence-electron chi connectivity index (χ4n) is 2.45. The van der Waals surface area contributed by atoms with Crippen LogP contribution in [0.4, 0.5) is 13.2 Å². The van der Waals surface area contributed by atoms with Crippen LogP contribution in [0.3, 0.4) is 0 Å². The van der Waals surface area contributed by atoms with Gasteiger partial charge in [-0.15, -0.1) is 0 Å². The lowest BCUT2D eigenvalue weighted by molar-refractivity contribution is -0.137. The van der Waals surface area contributed by atoms with Crippen molar-refractivity contribution in [2.75, 3.05) is 0 Å². The lowest BCUT2D eigenvalue weighted by atomic mass is 10.1. The van der Waals surface area contributed by atoms with Gasteiger partial charge in [0.25, 0.3) is 0 Å². The van der Waals surface area contributed by atoms with E-state index in [1.807, 2.05) is 0 Å². The first-order valence-corrected chi connectivity index (χ1v) is 6.71. The number of aliphatic hydroxyl groups is 1. The summed E-state index contributed by atoms with van der Waals surface area (Å²) >= 11 is 0. The molecule has 2 aromatic rings. The van der Waals surface area contributed by atoms with Gasteiger partial charge >= 0.3 is 6.18 Å². The van der Waals surface area contributed by atoms with Crippen molar-refractivity contribution in [1.29, 1.82) is 0 Å². The molecule has 0 fully saturated rings. The number of benzene rings is 1. The molecule has 0 amide bonds. The highest BCUT2D eigenvalue weighted by molar-refractivity contribution is 5.26. The molecule has 1 aliphatic heterocycles. The van der Waals surface area contributed by atoms with Gasteiger partial charge in [-0.25, -0.2) is 9.67 Å². The van der Waals surface area contributed by atoms with E-state index in [4.69, 9.17) is 0 Å². The molecule has 2 heterocycles. The van der Waals surface area contributed by atoms with Gasteiger partial charge in [0, 0.05) is 13.0 Å². The zero-order valence-electron chi connectivity index (χ0n) is 11.1. The molecule has 1 atom stereocenters. The Hall–Kier alpha value is -1.89. The average molecular weight is 297 g/mol. The summed E-state index contributed by atoms with van der Waals surface area (Å²) in [4.78, 5) is 4.28. The molecule has 0 saturated carbocycles. The third kappa shape index (κ3) is 2.92. The number of alkyl halides is 3. The second kappa shape index (κ2) is 5.14. The summed E-state index contributed by atoms with van der Waals surface area (Å²) < 4.78 is 39.1. The molecule has 0 bridgehead atoms. The number of halogens is 3. The third-order valence-corrected chi connectivity index (χ3v) is 3.53. The minimum atomic E-state index is -4.33. The molecule has 1 aromatic carbocycles. The predicted molar refractivity (Wildman–Crippen MR) is 68.5 cm³/mol. The monoisotopic (exact) mass is 297 g/mol. The smallest absolute Gasteiger partial charge is 0.385 e. The summed E-state index contributed by atoms with van der Waals surface area (Å²) in [7, 11) is 0. The van der Waals surface area contributed by atoms with Gasteiger partial charge in [0.2, 0.25) is 0 Å². The minimum absolute atomic E-state index is 0.352. The van der Waals surface area contributed by atoms with E-state index in [2.05, 4.69) is 10.1 Å². The molecule has 4 nitrogen and oxygen atoms in total. The van der Waals surface area contributed by atoms with Gasteiger partial charge in [-0.1, -0.05) is 12.1 Å². The number of hydrogen-bond acceptors (Lipinski definition) is 3. The van der Waals surface area contributed by atoms with Crippen LogP contribution >= 0.6 is 0 Å². The van der Waals surface area contributed by atoms with Gasteiger partial charge in [-0.2, -0.15) is 18.3 Å². The zero-order valence-corrected chi connectivity index (χ0v) is 11.1. The highest BCUT2D eigenvalue weighted by atomic mass is 19.4. The molecule has 0 saturated heterocycles. The Labute approximate surface area is 119 Å². The number of fused-ring (bicyclic) bond motifs is 1. The van der Waals surface area contributed by atoms with Crippen LogP contribution in [0.1, 0.15) is 41.7 Å². The van der Waals surface area contributed by atoms with Gasteiger partial charge in [-0.05, 0) is 30.5 Å². The van der Waals surface area contributed by atoms with Crippen molar-refractivity contribution in [1.82, 2.24) is 14.8 Å². The SMILES string of the molecule is OC1CCCn2nc(Cc3ccc(C(F)(F)F)cc3)nc21. The standard InChI is InChI=1S/C14H14F3N3O/c15-14(16,17)10-5-3-9(4-6-10)8-12-18-13-11(21)2-1-7-20(13)19-12/h3-6,11,21H,1-2,7-8H2. The van der Waals surface area contributed by atoms with Crippen LogP contribution in [0.5, 0.6) is 0 Å². The van der Waals surface area contributed by atoms with Crippen molar-refractivity contribution in [2.24, 2.45) is 0 Å². The molecule has 21 heavy (non-hydrogen) atoms. The zero-order chi connectivity index (χ0) is 15.0. The van der Waals surface area contributed by atoms with Gasteiger partial charge in [0.15, 0.2) is 11.6 Å². The molecule has 0 spiro atoms. The lowest BCUT2D eigenvalue weighted by Crippen LogP contribution is -2.16. The maximum absolute atomic E-state index is 12.5. The normalized spacial score (nSPS) is 18.6. The van der Waals surface area contributed by atoms with E-state index in [9.17, 15) is 18.3 Å². The van der Waals surface area contributed by atoms with Gasteiger partial charge in [-0.3, -0.25) is 0 Å². The second-order valence-corrected chi connectivity index (χ2v) is 5.14. The van der Waals surface area contributed by atoms with Crippen molar-refractivity contribution in [3.63, 3.8) is 0 Å². The first-order chi connectivity index (χ1) is 9.93. The summed E-state index contributed by atoms with van der Waals surface area (Å²) in [6, 6.07) is 4.97. The quantitative estimate of drug-likeness (QED) is 0.927. The fraction of sp³-hybridized carbons (Fsp3) is 0.429. The second-order valence-electron chi connectivity index (χ2n) is 5.14. The highest BCUT2D eigenvalue weighted by Crippen LogP contribution is 2.29. The molecular weight excluding hydrogens is 283 g/mol. The number of aliphatic hydroxyl groups excluding tert-OH is 1. The first-order valence-electron chi connectivity index (χ1n) is 6.71. The number of hydrogen-bond donors (Lipinski definition) is 1. The maximum Gasteiger partial charge on any atom is 0.416 e. The molecule has 3 rings (SSSR count). The van der Waals surface area contributed by atoms with Crippen molar-refractivity contribution in [3.05, 3.63) is 47.0 Å². The number of rotatable bonds is 2. The summed E-state index contributed by atoms with van der Waals surface area (Å²) in [5.74, 6) is 1.06. The van der Waals surface area contributed by atoms with E-state index in [1.54, 1.807) is 4.68 Å². The van der Waals surface area contributed by atoms with E-state index >= 15 is 0 Å². The molecule has 1 aromatic heterocycles. The first kappa shape index (κ1) is 14.1. The predicted octanol–water partition coefficient (Wildman–Crippen LogP) is 2.71. The Kier molecular flexibility index (Phi) is 3.44. The summed E-state index contributed by atoms with van der Waals surface area (Å²) in [5, 5.41) is 14.1. The van der Waals surface area contributed by atoms with E-state index in [1.165, 1.54) is 12.1 Å². The van der Waals surface area contributed by atoms with E-state index in [0.29, 0.717) is 36.6 Å². The van der Waals surface area contributed by atoms with Gasteiger partial charge in [0.05, 0.1) is 5.56 Å². The number of nitrogens with zero attached hydrogens (tertiary/aromatic N) is 3. The van der Waals surface area contributed by atoms with Crippen LogP contribution in [0.25, 0.3) is 0 Å². The van der Waals surface area contributed by atoms with Crippen molar-refractivity contribution in [2.45, 2.75) is 38.1 Å². The molecule has 0 aliphatic carbocycles. The van der Waals surface area contributed by atoms with Crippen LogP contribution < -0.4 is 0 Å². The van der Waals surface area contributed by atoms with Crippen LogP contribution in [-0.2, 0) is 19.1 Å². The molecule has 1 unspecified atom stereocenters. The highest BCUT2D eigenvalue weighted by Gasteiger charge is 2.30. The molecular formula is C14H14F3N3O. The molecule has 112 valence electrons. The molecule has 7 heteroatoms.